The number of amides is 1. The van der Waals surface area contributed by atoms with Crippen LogP contribution in [0.15, 0.2) is 22.9 Å². The third-order valence-corrected chi connectivity index (χ3v) is 3.58. The summed E-state index contributed by atoms with van der Waals surface area (Å²) in [5.74, 6) is 0.234. The van der Waals surface area contributed by atoms with Gasteiger partial charge in [-0.3, -0.25) is 9.89 Å². The zero-order valence-corrected chi connectivity index (χ0v) is 12.4. The smallest absolute Gasteiger partial charge is 0.271 e. The van der Waals surface area contributed by atoms with Crippen molar-refractivity contribution in [3.63, 3.8) is 0 Å². The lowest BCUT2D eigenvalue weighted by Gasteiger charge is -2.09. The van der Waals surface area contributed by atoms with Crippen molar-refractivity contribution in [1.82, 2.24) is 15.5 Å². The van der Waals surface area contributed by atoms with Crippen LogP contribution in [0.1, 0.15) is 41.7 Å². The minimum atomic E-state index is -0.681. The minimum Gasteiger partial charge on any atom is -0.387 e. The second kappa shape index (κ2) is 6.67. The molecule has 0 saturated carbocycles. The van der Waals surface area contributed by atoms with Crippen LogP contribution in [0.25, 0.3) is 0 Å². The van der Waals surface area contributed by atoms with Gasteiger partial charge in [0.05, 0.1) is 6.10 Å². The zero-order chi connectivity index (χ0) is 14.5. The van der Waals surface area contributed by atoms with Crippen molar-refractivity contribution in [2.24, 2.45) is 5.92 Å². The van der Waals surface area contributed by atoms with Gasteiger partial charge in [-0.15, -0.1) is 0 Å². The third-order valence-electron chi connectivity index (χ3n) is 2.88. The number of carbonyl (C=O) groups is 1. The molecule has 0 bridgehead atoms. The minimum absolute atomic E-state index is 0.182. The van der Waals surface area contributed by atoms with Crippen molar-refractivity contribution in [3.8, 4) is 0 Å². The monoisotopic (exact) mass is 293 g/mol. The predicted octanol–water partition coefficient (Wildman–Crippen LogP) is 2.13. The molecule has 6 heteroatoms. The van der Waals surface area contributed by atoms with Crippen LogP contribution in [-0.2, 0) is 6.42 Å². The first kappa shape index (κ1) is 14.7. The van der Waals surface area contributed by atoms with Crippen LogP contribution in [0.4, 0.5) is 0 Å². The number of H-pyrrole nitrogens is 1. The fourth-order valence-corrected chi connectivity index (χ4v) is 2.59. The number of thiophene rings is 1. The number of rotatable bonds is 6. The molecular weight excluding hydrogens is 274 g/mol. The highest BCUT2D eigenvalue weighted by atomic mass is 32.1. The van der Waals surface area contributed by atoms with Gasteiger partial charge in [-0.05, 0) is 40.8 Å². The average Bonchev–Trinajstić information content (AvgIpc) is 3.05. The fraction of sp³-hybridized carbons (Fsp3) is 0.429. The summed E-state index contributed by atoms with van der Waals surface area (Å²) >= 11 is 1.52. The van der Waals surface area contributed by atoms with Crippen LogP contribution in [0.2, 0.25) is 0 Å². The Morgan fingerprint density at radius 2 is 2.35 bits per heavy atom. The van der Waals surface area contributed by atoms with Crippen molar-refractivity contribution in [3.05, 3.63) is 39.8 Å². The van der Waals surface area contributed by atoms with Crippen molar-refractivity contribution in [1.29, 1.82) is 0 Å². The van der Waals surface area contributed by atoms with Gasteiger partial charge in [0.2, 0.25) is 0 Å². The highest BCUT2D eigenvalue weighted by molar-refractivity contribution is 7.07. The molecule has 2 heterocycles. The summed E-state index contributed by atoms with van der Waals surface area (Å²) in [5.41, 5.74) is 2.12. The normalized spacial score (nSPS) is 12.6. The van der Waals surface area contributed by atoms with E-state index in [-0.39, 0.29) is 12.5 Å². The van der Waals surface area contributed by atoms with Gasteiger partial charge >= 0.3 is 0 Å². The number of hydrogen-bond acceptors (Lipinski definition) is 4. The largest absolute Gasteiger partial charge is 0.387 e. The molecule has 0 saturated heterocycles. The topological polar surface area (TPSA) is 78.0 Å². The Balaban J connectivity index is 1.87. The number of aliphatic hydroxyl groups excluding tert-OH is 1. The Hall–Kier alpha value is -1.66. The molecule has 20 heavy (non-hydrogen) atoms. The quantitative estimate of drug-likeness (QED) is 0.763. The van der Waals surface area contributed by atoms with Crippen LogP contribution >= 0.6 is 11.3 Å². The standard InChI is InChI=1S/C14H19N3O2S/c1-9(2)5-11-6-12(17-16-11)14(19)15-7-13(18)10-3-4-20-8-10/h3-4,6,8-9,13,18H,5,7H2,1-2H3,(H,15,19)(H,16,17). The lowest BCUT2D eigenvalue weighted by atomic mass is 10.1. The van der Waals surface area contributed by atoms with Gasteiger partial charge in [0.15, 0.2) is 0 Å². The highest BCUT2D eigenvalue weighted by Gasteiger charge is 2.14. The zero-order valence-electron chi connectivity index (χ0n) is 11.6. The van der Waals surface area contributed by atoms with E-state index < -0.39 is 6.10 Å². The predicted molar refractivity (Wildman–Crippen MR) is 78.7 cm³/mol. The maximum absolute atomic E-state index is 11.9. The Labute approximate surface area is 122 Å². The van der Waals surface area contributed by atoms with Crippen LogP contribution in [0, 0.1) is 5.92 Å². The van der Waals surface area contributed by atoms with E-state index in [9.17, 15) is 9.90 Å². The van der Waals surface area contributed by atoms with Crippen molar-refractivity contribution in [2.75, 3.05) is 6.54 Å². The van der Waals surface area contributed by atoms with E-state index in [1.54, 1.807) is 6.07 Å². The summed E-state index contributed by atoms with van der Waals surface area (Å²) in [5, 5.41) is 23.2. The van der Waals surface area contributed by atoms with E-state index in [0.29, 0.717) is 11.6 Å². The van der Waals surface area contributed by atoms with E-state index in [0.717, 1.165) is 17.7 Å². The van der Waals surface area contributed by atoms with E-state index in [2.05, 4.69) is 29.4 Å². The molecule has 108 valence electrons. The summed E-state index contributed by atoms with van der Waals surface area (Å²) in [6.45, 7) is 4.40. The van der Waals surface area contributed by atoms with Crippen molar-refractivity contribution < 1.29 is 9.90 Å². The van der Waals surface area contributed by atoms with E-state index in [4.69, 9.17) is 0 Å². The lowest BCUT2D eigenvalue weighted by molar-refractivity contribution is 0.0911. The molecule has 0 radical (unpaired) electrons. The number of aromatic nitrogens is 2. The lowest BCUT2D eigenvalue weighted by Crippen LogP contribution is -2.28. The second-order valence-corrected chi connectivity index (χ2v) is 5.94. The summed E-state index contributed by atoms with van der Waals surface area (Å²) in [4.78, 5) is 11.9. The van der Waals surface area contributed by atoms with Gasteiger partial charge in [-0.1, -0.05) is 13.8 Å². The third kappa shape index (κ3) is 3.91. The van der Waals surface area contributed by atoms with E-state index in [1.807, 2.05) is 16.8 Å². The van der Waals surface area contributed by atoms with Crippen molar-refractivity contribution in [2.45, 2.75) is 26.4 Å². The summed E-state index contributed by atoms with van der Waals surface area (Å²) < 4.78 is 0. The van der Waals surface area contributed by atoms with Crippen molar-refractivity contribution >= 4 is 17.2 Å². The molecule has 1 unspecified atom stereocenters. The molecule has 0 aromatic carbocycles. The summed E-state index contributed by atoms with van der Waals surface area (Å²) in [6, 6.07) is 3.60. The van der Waals surface area contributed by atoms with Gasteiger partial charge in [0.1, 0.15) is 5.69 Å². The molecule has 2 aromatic rings. The first-order valence-electron chi connectivity index (χ1n) is 6.59. The molecule has 0 aliphatic heterocycles. The first-order chi connectivity index (χ1) is 9.56. The van der Waals surface area contributed by atoms with Gasteiger partial charge in [0.25, 0.3) is 5.91 Å². The Bertz CT molecular complexity index is 549. The Morgan fingerprint density at radius 3 is 3.00 bits per heavy atom. The molecular formula is C14H19N3O2S. The van der Waals surface area contributed by atoms with Crippen LogP contribution < -0.4 is 5.32 Å². The van der Waals surface area contributed by atoms with Gasteiger partial charge in [-0.2, -0.15) is 16.4 Å². The van der Waals surface area contributed by atoms with Gasteiger partial charge in [0, 0.05) is 12.2 Å². The number of carbonyl (C=O) groups excluding carboxylic acids is 1. The number of hydrogen-bond donors (Lipinski definition) is 3. The van der Waals surface area contributed by atoms with Crippen LogP contribution in [0.3, 0.4) is 0 Å². The molecule has 5 nitrogen and oxygen atoms in total. The molecule has 0 fully saturated rings. The van der Waals surface area contributed by atoms with Crippen LogP contribution in [-0.4, -0.2) is 27.8 Å². The number of nitrogens with one attached hydrogen (secondary N) is 2. The first-order valence-corrected chi connectivity index (χ1v) is 7.53. The van der Waals surface area contributed by atoms with Gasteiger partial charge < -0.3 is 10.4 Å². The molecule has 1 amide bonds. The van der Waals surface area contributed by atoms with Crippen LogP contribution in [0.5, 0.6) is 0 Å². The Morgan fingerprint density at radius 1 is 1.55 bits per heavy atom. The number of aromatic amines is 1. The second-order valence-electron chi connectivity index (χ2n) is 5.16. The van der Waals surface area contributed by atoms with Gasteiger partial charge in [-0.25, -0.2) is 0 Å². The maximum atomic E-state index is 11.9. The maximum Gasteiger partial charge on any atom is 0.271 e. The molecule has 0 spiro atoms. The van der Waals surface area contributed by atoms with E-state index in [1.165, 1.54) is 11.3 Å². The molecule has 0 aliphatic rings. The highest BCUT2D eigenvalue weighted by Crippen LogP contribution is 2.15. The molecule has 2 rings (SSSR count). The number of nitrogens with zero attached hydrogens (tertiary/aromatic N) is 1. The number of aliphatic hydroxyl groups is 1. The molecule has 0 aliphatic carbocycles. The van der Waals surface area contributed by atoms with E-state index >= 15 is 0 Å². The summed E-state index contributed by atoms with van der Waals surface area (Å²) in [6.07, 6.45) is 0.178. The Kier molecular flexibility index (Phi) is 4.92. The fourth-order valence-electron chi connectivity index (χ4n) is 1.88. The molecule has 3 N–H and O–H groups in total. The molecule has 2 aromatic heterocycles. The molecule has 1 atom stereocenters. The summed E-state index contributed by atoms with van der Waals surface area (Å²) in [7, 11) is 0. The SMILES string of the molecule is CC(C)Cc1cc(C(=O)NCC(O)c2ccsc2)n[nH]1. The average molecular weight is 293 g/mol.